The smallest absolute Gasteiger partial charge is 0.305 e. The van der Waals surface area contributed by atoms with Gasteiger partial charge in [-0.15, -0.1) is 0 Å². The molecular weight excluding hydrogens is 434 g/mol. The molecule has 7 heteroatoms. The first kappa shape index (κ1) is 28.6. The van der Waals surface area contributed by atoms with E-state index in [1.807, 2.05) is 0 Å². The number of esters is 1. The van der Waals surface area contributed by atoms with Crippen LogP contribution in [0.2, 0.25) is 0 Å². The lowest BCUT2D eigenvalue weighted by atomic mass is 9.47. The first-order chi connectivity index (χ1) is 15.9. The van der Waals surface area contributed by atoms with Crippen LogP contribution in [-0.4, -0.2) is 59.3 Å². The predicted octanol–water partition coefficient (Wildman–Crippen LogP) is 5.36. The minimum atomic E-state index is -0.774. The number of nitrogens with zero attached hydrogens (tertiary/aromatic N) is 1. The first-order valence-corrected chi connectivity index (χ1v) is 13.2. The summed E-state index contributed by atoms with van der Waals surface area (Å²) in [6.45, 7) is 12.1. The van der Waals surface area contributed by atoms with Gasteiger partial charge in [-0.05, 0) is 93.0 Å². The van der Waals surface area contributed by atoms with Gasteiger partial charge in [0, 0.05) is 25.8 Å². The molecule has 2 rings (SSSR count). The molecule has 0 spiro atoms. The van der Waals surface area contributed by atoms with E-state index in [1.165, 1.54) is 0 Å². The van der Waals surface area contributed by atoms with Gasteiger partial charge in [-0.3, -0.25) is 14.4 Å². The van der Waals surface area contributed by atoms with Gasteiger partial charge in [0.2, 0.25) is 0 Å². The van der Waals surface area contributed by atoms with E-state index in [1.54, 1.807) is 0 Å². The Hall–Kier alpha value is -1.63. The molecule has 0 aromatic carbocycles. The molecule has 2 N–H and O–H groups in total. The van der Waals surface area contributed by atoms with Crippen molar-refractivity contribution in [3.63, 3.8) is 0 Å². The third kappa shape index (κ3) is 8.86. The number of carbonyl (C=O) groups is 3. The van der Waals surface area contributed by atoms with E-state index >= 15 is 0 Å². The van der Waals surface area contributed by atoms with Crippen LogP contribution >= 0.6 is 0 Å². The highest BCUT2D eigenvalue weighted by Gasteiger charge is 2.53. The molecule has 0 heterocycles. The van der Waals surface area contributed by atoms with Crippen LogP contribution in [0.25, 0.3) is 0 Å². The standard InChI is InChI=1S/C27H47NO6/c1-5-28(6-2)14-7-15-34-24(33)10-12-26(4)17-21-16-25(3,11-8-22(29)30)19-27(18-21,20-26)13-9-23(31)32/h21H,5-20H2,1-4H3,(H,29,30)(H,31,32). The van der Waals surface area contributed by atoms with Crippen molar-refractivity contribution in [1.82, 2.24) is 4.90 Å². The molecule has 2 aliphatic rings. The van der Waals surface area contributed by atoms with Gasteiger partial charge in [0.05, 0.1) is 6.61 Å². The van der Waals surface area contributed by atoms with Crippen LogP contribution in [-0.2, 0) is 19.1 Å². The van der Waals surface area contributed by atoms with E-state index in [-0.39, 0.29) is 35.1 Å². The Morgan fingerprint density at radius 2 is 1.38 bits per heavy atom. The van der Waals surface area contributed by atoms with Gasteiger partial charge in [0.15, 0.2) is 0 Å². The third-order valence-electron chi connectivity index (χ3n) is 8.41. The van der Waals surface area contributed by atoms with E-state index < -0.39 is 11.9 Å². The minimum absolute atomic E-state index is 0.0181. The Balaban J connectivity index is 1.97. The number of hydrogen-bond donors (Lipinski definition) is 2. The third-order valence-corrected chi connectivity index (χ3v) is 8.41. The molecule has 2 bridgehead atoms. The fourth-order valence-corrected chi connectivity index (χ4v) is 7.32. The van der Waals surface area contributed by atoms with Crippen LogP contribution in [0.3, 0.4) is 0 Å². The van der Waals surface area contributed by atoms with Crippen LogP contribution in [0.1, 0.15) is 105 Å². The van der Waals surface area contributed by atoms with Crippen LogP contribution in [0.4, 0.5) is 0 Å². The maximum absolute atomic E-state index is 12.4. The summed E-state index contributed by atoms with van der Waals surface area (Å²) in [6.07, 6.45) is 8.40. The molecule has 0 amide bonds. The molecular formula is C27H47NO6. The highest BCUT2D eigenvalue weighted by molar-refractivity contribution is 5.69. The Morgan fingerprint density at radius 3 is 1.91 bits per heavy atom. The summed E-state index contributed by atoms with van der Waals surface area (Å²) < 4.78 is 5.50. The molecule has 7 nitrogen and oxygen atoms in total. The van der Waals surface area contributed by atoms with Gasteiger partial charge < -0.3 is 19.8 Å². The van der Waals surface area contributed by atoms with Crippen molar-refractivity contribution in [2.45, 2.75) is 105 Å². The van der Waals surface area contributed by atoms with Crippen molar-refractivity contribution >= 4 is 17.9 Å². The second-order valence-corrected chi connectivity index (χ2v) is 11.8. The number of ether oxygens (including phenoxy) is 1. The summed E-state index contributed by atoms with van der Waals surface area (Å²) in [5.41, 5.74) is -0.171. The van der Waals surface area contributed by atoms with E-state index in [0.29, 0.717) is 31.8 Å². The van der Waals surface area contributed by atoms with Gasteiger partial charge in [-0.25, -0.2) is 0 Å². The number of hydrogen-bond acceptors (Lipinski definition) is 5. The molecule has 196 valence electrons. The summed E-state index contributed by atoms with van der Waals surface area (Å²) in [5, 5.41) is 18.6. The molecule has 2 fully saturated rings. The van der Waals surface area contributed by atoms with Crippen LogP contribution < -0.4 is 0 Å². The highest BCUT2D eigenvalue weighted by Crippen LogP contribution is 2.63. The topological polar surface area (TPSA) is 104 Å². The van der Waals surface area contributed by atoms with Gasteiger partial charge in [-0.2, -0.15) is 0 Å². The van der Waals surface area contributed by atoms with Crippen LogP contribution in [0.5, 0.6) is 0 Å². The second-order valence-electron chi connectivity index (χ2n) is 11.8. The van der Waals surface area contributed by atoms with Crippen molar-refractivity contribution in [2.75, 3.05) is 26.2 Å². The van der Waals surface area contributed by atoms with Gasteiger partial charge in [-0.1, -0.05) is 27.7 Å². The zero-order valence-corrected chi connectivity index (χ0v) is 21.9. The van der Waals surface area contributed by atoms with Crippen LogP contribution in [0, 0.1) is 22.2 Å². The minimum Gasteiger partial charge on any atom is -0.481 e. The lowest BCUT2D eigenvalue weighted by Gasteiger charge is -2.58. The van der Waals surface area contributed by atoms with E-state index in [9.17, 15) is 24.6 Å². The van der Waals surface area contributed by atoms with Gasteiger partial charge >= 0.3 is 17.9 Å². The lowest BCUT2D eigenvalue weighted by molar-refractivity contribution is -0.145. The van der Waals surface area contributed by atoms with Crippen molar-refractivity contribution in [1.29, 1.82) is 0 Å². The molecule has 4 atom stereocenters. The fraction of sp³-hybridized carbons (Fsp3) is 0.889. The average molecular weight is 482 g/mol. The van der Waals surface area contributed by atoms with Crippen molar-refractivity contribution < 1.29 is 29.3 Å². The number of rotatable bonds is 15. The molecule has 34 heavy (non-hydrogen) atoms. The zero-order valence-electron chi connectivity index (χ0n) is 21.9. The molecule has 0 aliphatic heterocycles. The van der Waals surface area contributed by atoms with Crippen LogP contribution in [0.15, 0.2) is 0 Å². The number of carboxylic acids is 2. The Bertz CT molecular complexity index is 705. The molecule has 4 unspecified atom stereocenters. The first-order valence-electron chi connectivity index (χ1n) is 13.2. The van der Waals surface area contributed by atoms with Gasteiger partial charge in [0.25, 0.3) is 0 Å². The maximum atomic E-state index is 12.4. The van der Waals surface area contributed by atoms with E-state index in [0.717, 1.165) is 64.6 Å². The van der Waals surface area contributed by atoms with Crippen molar-refractivity contribution in [3.05, 3.63) is 0 Å². The number of carboxylic acid groups (broad SMARTS) is 2. The quantitative estimate of drug-likeness (QED) is 0.239. The summed E-state index contributed by atoms with van der Waals surface area (Å²) in [7, 11) is 0. The van der Waals surface area contributed by atoms with E-state index in [2.05, 4.69) is 32.6 Å². The largest absolute Gasteiger partial charge is 0.481 e. The Morgan fingerprint density at radius 1 is 0.853 bits per heavy atom. The Kier molecular flexibility index (Phi) is 10.4. The Labute approximate surface area is 205 Å². The molecule has 2 saturated carbocycles. The summed E-state index contributed by atoms with van der Waals surface area (Å²) >= 11 is 0. The van der Waals surface area contributed by atoms with Crippen molar-refractivity contribution in [2.24, 2.45) is 22.2 Å². The maximum Gasteiger partial charge on any atom is 0.305 e. The van der Waals surface area contributed by atoms with E-state index in [4.69, 9.17) is 4.74 Å². The number of fused-ring (bicyclic) bond motifs is 2. The fourth-order valence-electron chi connectivity index (χ4n) is 7.32. The highest BCUT2D eigenvalue weighted by atomic mass is 16.5. The second kappa shape index (κ2) is 12.4. The summed E-state index contributed by atoms with van der Waals surface area (Å²) in [5.74, 6) is -1.23. The lowest BCUT2D eigenvalue weighted by Crippen LogP contribution is -2.48. The average Bonchev–Trinajstić information content (AvgIpc) is 2.74. The van der Waals surface area contributed by atoms with Crippen molar-refractivity contribution in [3.8, 4) is 0 Å². The molecule has 0 aromatic heterocycles. The molecule has 0 radical (unpaired) electrons. The molecule has 0 aromatic rings. The predicted molar refractivity (Wildman–Crippen MR) is 132 cm³/mol. The summed E-state index contributed by atoms with van der Waals surface area (Å²) in [4.78, 5) is 37.4. The molecule has 2 aliphatic carbocycles. The summed E-state index contributed by atoms with van der Waals surface area (Å²) in [6, 6.07) is 0. The number of aliphatic carboxylic acids is 2. The monoisotopic (exact) mass is 481 g/mol. The number of carbonyl (C=O) groups excluding carboxylic acids is 1. The molecule has 0 saturated heterocycles. The normalized spacial score (nSPS) is 30.8. The van der Waals surface area contributed by atoms with Gasteiger partial charge in [0.1, 0.15) is 0 Å². The SMILES string of the molecule is CCN(CC)CCCOC(=O)CCC1(C)CC2CC(C)(CCC(=O)O)CC(CCC(=O)O)(C2)C1. The zero-order chi connectivity index (χ0) is 25.4.